The quantitative estimate of drug-likeness (QED) is 0.937. The number of nitrogens with one attached hydrogen (secondary N) is 1. The number of carbonyl (C=O) groups is 2. The van der Waals surface area contributed by atoms with Crippen molar-refractivity contribution in [2.24, 2.45) is 0 Å². The zero-order chi connectivity index (χ0) is 16.0. The van der Waals surface area contributed by atoms with Gasteiger partial charge in [-0.05, 0) is 30.2 Å². The Morgan fingerprint density at radius 3 is 2.91 bits per heavy atom. The molecule has 1 aromatic heterocycles. The molecule has 120 valence electrons. The van der Waals surface area contributed by atoms with E-state index in [2.05, 4.69) is 4.98 Å². The standard InChI is InChI=1S/C17H18ClN3O2/c18-12-3-4-15-14(7-12)11(8-19-15)6-17(23)20-9-13(10-20)21-5-1-2-16(21)22/h3-4,7-8,13,19H,1-2,5-6,9-10H2. The van der Waals surface area contributed by atoms with Crippen LogP contribution in [0.1, 0.15) is 18.4 Å². The molecule has 2 fully saturated rings. The molecule has 23 heavy (non-hydrogen) atoms. The van der Waals surface area contributed by atoms with E-state index in [0.29, 0.717) is 31.0 Å². The number of aromatic nitrogens is 1. The Balaban J connectivity index is 1.41. The third-order valence-electron chi connectivity index (χ3n) is 4.84. The van der Waals surface area contributed by atoms with Gasteiger partial charge >= 0.3 is 0 Å². The van der Waals surface area contributed by atoms with Crippen LogP contribution in [0.2, 0.25) is 5.02 Å². The minimum atomic E-state index is 0.105. The molecule has 2 saturated heterocycles. The number of likely N-dealkylation sites (tertiary alicyclic amines) is 2. The number of hydrogen-bond acceptors (Lipinski definition) is 2. The number of amides is 2. The highest BCUT2D eigenvalue weighted by Crippen LogP contribution is 2.25. The molecule has 0 saturated carbocycles. The van der Waals surface area contributed by atoms with Crippen LogP contribution in [0, 0.1) is 0 Å². The van der Waals surface area contributed by atoms with Crippen molar-refractivity contribution < 1.29 is 9.59 Å². The lowest BCUT2D eigenvalue weighted by Gasteiger charge is -2.44. The van der Waals surface area contributed by atoms with Gasteiger partial charge in [0, 0.05) is 48.2 Å². The van der Waals surface area contributed by atoms with Crippen LogP contribution in [0.5, 0.6) is 0 Å². The normalized spacial score (nSPS) is 18.7. The molecule has 1 N–H and O–H groups in total. The van der Waals surface area contributed by atoms with Crippen molar-refractivity contribution in [1.29, 1.82) is 0 Å². The van der Waals surface area contributed by atoms with Crippen molar-refractivity contribution in [2.75, 3.05) is 19.6 Å². The van der Waals surface area contributed by atoms with E-state index in [0.717, 1.165) is 29.4 Å². The lowest BCUT2D eigenvalue weighted by atomic mass is 10.0. The average Bonchev–Trinajstić information content (AvgIpc) is 3.05. The largest absolute Gasteiger partial charge is 0.361 e. The van der Waals surface area contributed by atoms with Gasteiger partial charge in [0.2, 0.25) is 11.8 Å². The van der Waals surface area contributed by atoms with Gasteiger partial charge in [0.25, 0.3) is 0 Å². The zero-order valence-electron chi connectivity index (χ0n) is 12.7. The molecule has 4 rings (SSSR count). The summed E-state index contributed by atoms with van der Waals surface area (Å²) in [5.74, 6) is 0.335. The van der Waals surface area contributed by atoms with Gasteiger partial charge in [-0.15, -0.1) is 0 Å². The number of fused-ring (bicyclic) bond motifs is 1. The van der Waals surface area contributed by atoms with Gasteiger partial charge < -0.3 is 14.8 Å². The number of aromatic amines is 1. The first kappa shape index (κ1) is 14.6. The minimum absolute atomic E-state index is 0.105. The summed E-state index contributed by atoms with van der Waals surface area (Å²) >= 11 is 6.04. The zero-order valence-corrected chi connectivity index (χ0v) is 13.5. The second-order valence-electron chi connectivity index (χ2n) is 6.32. The molecule has 0 unspecified atom stereocenters. The molecule has 0 atom stereocenters. The molecule has 2 aromatic rings. The monoisotopic (exact) mass is 331 g/mol. The van der Waals surface area contributed by atoms with Crippen molar-refractivity contribution in [3.63, 3.8) is 0 Å². The fourth-order valence-electron chi connectivity index (χ4n) is 3.48. The predicted octanol–water partition coefficient (Wildman–Crippen LogP) is 2.20. The van der Waals surface area contributed by atoms with E-state index in [1.54, 1.807) is 0 Å². The second kappa shape index (κ2) is 5.57. The molecule has 2 aliphatic heterocycles. The van der Waals surface area contributed by atoms with Crippen molar-refractivity contribution in [2.45, 2.75) is 25.3 Å². The summed E-state index contributed by atoms with van der Waals surface area (Å²) in [6.45, 7) is 2.16. The van der Waals surface area contributed by atoms with E-state index in [1.807, 2.05) is 34.2 Å². The molecule has 0 aliphatic carbocycles. The highest BCUT2D eigenvalue weighted by atomic mass is 35.5. The Bertz CT molecular complexity index is 779. The van der Waals surface area contributed by atoms with E-state index >= 15 is 0 Å². The maximum Gasteiger partial charge on any atom is 0.227 e. The van der Waals surface area contributed by atoms with Crippen LogP contribution in [0.4, 0.5) is 0 Å². The number of nitrogens with zero attached hydrogens (tertiary/aromatic N) is 2. The molecule has 6 heteroatoms. The topological polar surface area (TPSA) is 56.4 Å². The van der Waals surface area contributed by atoms with Crippen LogP contribution < -0.4 is 0 Å². The molecule has 2 aliphatic rings. The molecule has 0 bridgehead atoms. The highest BCUT2D eigenvalue weighted by Gasteiger charge is 2.38. The lowest BCUT2D eigenvalue weighted by molar-refractivity contribution is -0.143. The fraction of sp³-hybridized carbons (Fsp3) is 0.412. The Morgan fingerprint density at radius 2 is 2.17 bits per heavy atom. The summed E-state index contributed by atoms with van der Waals surface area (Å²) in [4.78, 5) is 31.1. The van der Waals surface area contributed by atoms with Crippen LogP contribution >= 0.6 is 11.6 Å². The maximum absolute atomic E-state index is 12.4. The summed E-state index contributed by atoms with van der Waals surface area (Å²) in [6, 6.07) is 5.85. The Kier molecular flexibility index (Phi) is 3.53. The Labute approximate surface area is 139 Å². The van der Waals surface area contributed by atoms with Gasteiger partial charge in [0.05, 0.1) is 12.5 Å². The molecule has 3 heterocycles. The minimum Gasteiger partial charge on any atom is -0.361 e. The fourth-order valence-corrected chi connectivity index (χ4v) is 3.65. The molecule has 2 amide bonds. The summed E-state index contributed by atoms with van der Waals surface area (Å²) in [5.41, 5.74) is 1.95. The van der Waals surface area contributed by atoms with E-state index < -0.39 is 0 Å². The van der Waals surface area contributed by atoms with Crippen molar-refractivity contribution in [3.05, 3.63) is 35.0 Å². The molecular formula is C17H18ClN3O2. The molecule has 5 nitrogen and oxygen atoms in total. The number of rotatable bonds is 3. The third-order valence-corrected chi connectivity index (χ3v) is 5.07. The highest BCUT2D eigenvalue weighted by molar-refractivity contribution is 6.31. The SMILES string of the molecule is O=C(Cc1c[nH]c2ccc(Cl)cc12)N1CC(N2CCCC2=O)C1. The van der Waals surface area contributed by atoms with Crippen LogP contribution in [0.25, 0.3) is 10.9 Å². The third kappa shape index (κ3) is 2.59. The summed E-state index contributed by atoms with van der Waals surface area (Å²) in [6.07, 6.45) is 3.83. The summed E-state index contributed by atoms with van der Waals surface area (Å²) < 4.78 is 0. The molecule has 0 spiro atoms. The number of benzene rings is 1. The van der Waals surface area contributed by atoms with Crippen molar-refractivity contribution in [1.82, 2.24) is 14.8 Å². The molecular weight excluding hydrogens is 314 g/mol. The Morgan fingerprint density at radius 1 is 1.35 bits per heavy atom. The maximum atomic E-state index is 12.4. The van der Waals surface area contributed by atoms with Gasteiger partial charge in [-0.25, -0.2) is 0 Å². The first-order chi connectivity index (χ1) is 11.1. The van der Waals surface area contributed by atoms with Gasteiger partial charge in [0.15, 0.2) is 0 Å². The van der Waals surface area contributed by atoms with Crippen molar-refractivity contribution >= 4 is 34.3 Å². The van der Waals surface area contributed by atoms with Gasteiger partial charge in [-0.2, -0.15) is 0 Å². The van der Waals surface area contributed by atoms with E-state index in [4.69, 9.17) is 11.6 Å². The summed E-state index contributed by atoms with van der Waals surface area (Å²) in [7, 11) is 0. The number of carbonyl (C=O) groups excluding carboxylic acids is 2. The second-order valence-corrected chi connectivity index (χ2v) is 6.76. The van der Waals surface area contributed by atoms with Gasteiger partial charge in [0.1, 0.15) is 0 Å². The van der Waals surface area contributed by atoms with E-state index in [9.17, 15) is 9.59 Å². The smallest absolute Gasteiger partial charge is 0.227 e. The van der Waals surface area contributed by atoms with Crippen LogP contribution in [0.3, 0.4) is 0 Å². The van der Waals surface area contributed by atoms with Gasteiger partial charge in [-0.1, -0.05) is 11.6 Å². The van der Waals surface area contributed by atoms with Crippen LogP contribution in [0.15, 0.2) is 24.4 Å². The number of hydrogen-bond donors (Lipinski definition) is 1. The molecule has 1 aromatic carbocycles. The number of H-pyrrole nitrogens is 1. The van der Waals surface area contributed by atoms with Crippen molar-refractivity contribution in [3.8, 4) is 0 Å². The first-order valence-electron chi connectivity index (χ1n) is 7.94. The predicted molar refractivity (Wildman–Crippen MR) is 88.3 cm³/mol. The Hall–Kier alpha value is -2.01. The first-order valence-corrected chi connectivity index (χ1v) is 8.32. The van der Waals surface area contributed by atoms with Crippen LogP contribution in [-0.4, -0.2) is 52.3 Å². The average molecular weight is 332 g/mol. The number of halogens is 1. The van der Waals surface area contributed by atoms with E-state index in [1.165, 1.54) is 0 Å². The molecule has 0 radical (unpaired) electrons. The van der Waals surface area contributed by atoms with Gasteiger partial charge in [-0.3, -0.25) is 9.59 Å². The van der Waals surface area contributed by atoms with E-state index in [-0.39, 0.29) is 17.9 Å². The lowest BCUT2D eigenvalue weighted by Crippen LogP contribution is -2.61. The van der Waals surface area contributed by atoms with Crippen LogP contribution in [-0.2, 0) is 16.0 Å². The summed E-state index contributed by atoms with van der Waals surface area (Å²) in [5, 5.41) is 1.67.